The molecule has 26 heavy (non-hydrogen) atoms. The molecule has 0 saturated heterocycles. The van der Waals surface area contributed by atoms with Gasteiger partial charge in [0.2, 0.25) is 0 Å². The minimum Gasteiger partial charge on any atom is -0.350 e. The van der Waals surface area contributed by atoms with E-state index in [2.05, 4.69) is 24.1 Å². The molecule has 0 saturated carbocycles. The van der Waals surface area contributed by atoms with Crippen LogP contribution in [0.4, 0.5) is 0 Å². The topological polar surface area (TPSA) is 69.7 Å². The van der Waals surface area contributed by atoms with E-state index in [0.717, 1.165) is 12.8 Å². The van der Waals surface area contributed by atoms with Gasteiger partial charge in [0.1, 0.15) is 0 Å². The summed E-state index contributed by atoms with van der Waals surface area (Å²) in [6.07, 6.45) is 1.68. The molecule has 0 bridgehead atoms. The first-order chi connectivity index (χ1) is 12.3. The van der Waals surface area contributed by atoms with E-state index in [4.69, 9.17) is 0 Å². The summed E-state index contributed by atoms with van der Waals surface area (Å²) < 4.78 is 0. The minimum atomic E-state index is -0.304. The van der Waals surface area contributed by atoms with Crippen LogP contribution < -0.4 is 5.32 Å². The van der Waals surface area contributed by atoms with Crippen molar-refractivity contribution in [2.45, 2.75) is 39.7 Å². The lowest BCUT2D eigenvalue weighted by Gasteiger charge is -2.28. The highest BCUT2D eigenvalue weighted by atomic mass is 16.2. The van der Waals surface area contributed by atoms with Gasteiger partial charge >= 0.3 is 0 Å². The number of rotatable bonds is 8. The Bertz CT molecular complexity index is 690. The van der Waals surface area contributed by atoms with Crippen molar-refractivity contribution in [3.8, 4) is 0 Å². The average molecular weight is 359 g/mol. The molecule has 0 spiro atoms. The van der Waals surface area contributed by atoms with E-state index in [1.54, 1.807) is 12.1 Å². The summed E-state index contributed by atoms with van der Waals surface area (Å²) in [5, 5.41) is 2.93. The van der Waals surface area contributed by atoms with Crippen LogP contribution >= 0.6 is 0 Å². The number of fused-ring (bicyclic) bond motifs is 1. The first-order valence-electron chi connectivity index (χ1n) is 9.22. The number of benzene rings is 1. The zero-order chi connectivity index (χ0) is 19.4. The molecule has 6 heteroatoms. The monoisotopic (exact) mass is 359 g/mol. The molecule has 3 amide bonds. The molecule has 1 aromatic carbocycles. The van der Waals surface area contributed by atoms with E-state index in [9.17, 15) is 14.4 Å². The fraction of sp³-hybridized carbons (Fsp3) is 0.550. The van der Waals surface area contributed by atoms with Crippen molar-refractivity contribution >= 4 is 17.7 Å². The molecule has 1 aromatic rings. The van der Waals surface area contributed by atoms with E-state index in [1.165, 1.54) is 11.0 Å². The molecule has 2 rings (SSSR count). The minimum absolute atomic E-state index is 0.223. The first kappa shape index (κ1) is 20.1. The average Bonchev–Trinajstić information content (AvgIpc) is 2.83. The number of hydrogen-bond donors (Lipinski definition) is 1. The molecule has 1 unspecified atom stereocenters. The number of hydrogen-bond acceptors (Lipinski definition) is 4. The van der Waals surface area contributed by atoms with Crippen LogP contribution in [0.5, 0.6) is 0 Å². The van der Waals surface area contributed by atoms with Gasteiger partial charge < -0.3 is 10.2 Å². The third kappa shape index (κ3) is 4.12. The van der Waals surface area contributed by atoms with Crippen LogP contribution in [0.1, 0.15) is 64.7 Å². The molecule has 142 valence electrons. The summed E-state index contributed by atoms with van der Waals surface area (Å²) in [5.74, 6) is -0.400. The molecule has 0 aromatic heterocycles. The lowest BCUT2D eigenvalue weighted by Crippen LogP contribution is -2.43. The largest absolute Gasteiger partial charge is 0.350 e. The van der Waals surface area contributed by atoms with Crippen molar-refractivity contribution in [2.24, 2.45) is 5.92 Å². The van der Waals surface area contributed by atoms with Crippen molar-refractivity contribution in [1.82, 2.24) is 15.1 Å². The third-order valence-corrected chi connectivity index (χ3v) is 4.87. The molecule has 1 heterocycles. The molecule has 6 nitrogen and oxygen atoms in total. The van der Waals surface area contributed by atoms with Crippen molar-refractivity contribution in [3.05, 3.63) is 34.9 Å². The summed E-state index contributed by atoms with van der Waals surface area (Å²) >= 11 is 0. The van der Waals surface area contributed by atoms with Gasteiger partial charge in [-0.25, -0.2) is 0 Å². The quantitative estimate of drug-likeness (QED) is 0.724. The first-order valence-corrected chi connectivity index (χ1v) is 9.22. The van der Waals surface area contributed by atoms with Gasteiger partial charge in [0.15, 0.2) is 0 Å². The summed E-state index contributed by atoms with van der Waals surface area (Å²) in [7, 11) is 3.97. The summed E-state index contributed by atoms with van der Waals surface area (Å²) in [6.45, 7) is 7.18. The maximum absolute atomic E-state index is 12.5. The standard InChI is InChI=1S/C20H29N3O3/c1-6-7-10-23-19(25)15-9-8-14(11-16(15)20(23)26)18(24)21-12-17(13(2)3)22(4)5/h8-9,11,13,17H,6-7,10,12H2,1-5H3,(H,21,24). The van der Waals surface area contributed by atoms with Crippen LogP contribution in [0.2, 0.25) is 0 Å². The zero-order valence-corrected chi connectivity index (χ0v) is 16.3. The van der Waals surface area contributed by atoms with Crippen molar-refractivity contribution in [3.63, 3.8) is 0 Å². The van der Waals surface area contributed by atoms with E-state index in [-0.39, 0.29) is 23.8 Å². The summed E-state index contributed by atoms with van der Waals surface area (Å²) in [4.78, 5) is 40.7. The number of nitrogens with one attached hydrogen (secondary N) is 1. The van der Waals surface area contributed by atoms with Crippen LogP contribution in [0, 0.1) is 5.92 Å². The Balaban J connectivity index is 2.12. The van der Waals surface area contributed by atoms with Crippen LogP contribution in [-0.4, -0.2) is 60.7 Å². The van der Waals surface area contributed by atoms with Crippen LogP contribution in [0.15, 0.2) is 18.2 Å². The molecule has 1 N–H and O–H groups in total. The highest BCUT2D eigenvalue weighted by molar-refractivity contribution is 6.22. The Hall–Kier alpha value is -2.21. The van der Waals surface area contributed by atoms with E-state index in [1.807, 2.05) is 21.0 Å². The van der Waals surface area contributed by atoms with Crippen molar-refractivity contribution in [1.29, 1.82) is 0 Å². The van der Waals surface area contributed by atoms with Crippen molar-refractivity contribution < 1.29 is 14.4 Å². The molecule has 0 aliphatic carbocycles. The Morgan fingerprint density at radius 1 is 1.15 bits per heavy atom. The van der Waals surface area contributed by atoms with Gasteiger partial charge in [-0.3, -0.25) is 19.3 Å². The van der Waals surface area contributed by atoms with Gasteiger partial charge in [0.25, 0.3) is 17.7 Å². The highest BCUT2D eigenvalue weighted by Crippen LogP contribution is 2.24. The lowest BCUT2D eigenvalue weighted by molar-refractivity contribution is 0.0652. The number of amides is 3. The third-order valence-electron chi connectivity index (χ3n) is 4.87. The second-order valence-corrected chi connectivity index (χ2v) is 7.36. The normalized spacial score (nSPS) is 15.0. The molecule has 0 radical (unpaired) electrons. The molecule has 1 atom stereocenters. The van der Waals surface area contributed by atoms with Crippen LogP contribution in [0.25, 0.3) is 0 Å². The lowest BCUT2D eigenvalue weighted by atomic mass is 10.0. The van der Waals surface area contributed by atoms with Gasteiger partial charge in [0, 0.05) is 24.7 Å². The SMILES string of the molecule is CCCCN1C(=O)c2ccc(C(=O)NCC(C(C)C)N(C)C)cc2C1=O. The fourth-order valence-electron chi connectivity index (χ4n) is 3.27. The fourth-order valence-corrected chi connectivity index (χ4v) is 3.27. The van der Waals surface area contributed by atoms with Gasteiger partial charge in [-0.1, -0.05) is 27.2 Å². The predicted molar refractivity (Wildman–Crippen MR) is 101 cm³/mol. The number of unbranched alkanes of at least 4 members (excludes halogenated alkanes) is 1. The van der Waals surface area contributed by atoms with Gasteiger partial charge in [-0.15, -0.1) is 0 Å². The second kappa shape index (κ2) is 8.45. The van der Waals surface area contributed by atoms with Crippen molar-refractivity contribution in [2.75, 3.05) is 27.2 Å². The predicted octanol–water partition coefficient (Wildman–Crippen LogP) is 2.40. The number of imide groups is 1. The van der Waals surface area contributed by atoms with E-state index < -0.39 is 0 Å². The number of nitrogens with zero attached hydrogens (tertiary/aromatic N) is 2. The molecule has 1 aliphatic rings. The Morgan fingerprint density at radius 2 is 1.81 bits per heavy atom. The second-order valence-electron chi connectivity index (χ2n) is 7.36. The number of likely N-dealkylation sites (N-methyl/N-ethyl adjacent to an activating group) is 1. The van der Waals surface area contributed by atoms with Gasteiger partial charge in [-0.05, 0) is 44.6 Å². The Morgan fingerprint density at radius 3 is 2.38 bits per heavy atom. The molecular formula is C20H29N3O3. The zero-order valence-electron chi connectivity index (χ0n) is 16.3. The molecule has 1 aliphatic heterocycles. The van der Waals surface area contributed by atoms with Gasteiger partial charge in [-0.2, -0.15) is 0 Å². The number of carbonyl (C=O) groups is 3. The number of carbonyl (C=O) groups excluding carboxylic acids is 3. The van der Waals surface area contributed by atoms with E-state index in [0.29, 0.717) is 35.7 Å². The van der Waals surface area contributed by atoms with E-state index >= 15 is 0 Å². The maximum atomic E-state index is 12.5. The Labute approximate surface area is 155 Å². The summed E-state index contributed by atoms with van der Waals surface area (Å²) in [5.41, 5.74) is 1.12. The molecule has 0 fully saturated rings. The highest BCUT2D eigenvalue weighted by Gasteiger charge is 2.35. The van der Waals surface area contributed by atoms with Crippen LogP contribution in [-0.2, 0) is 0 Å². The maximum Gasteiger partial charge on any atom is 0.261 e. The Kier molecular flexibility index (Phi) is 6.53. The summed E-state index contributed by atoms with van der Waals surface area (Å²) in [6, 6.07) is 4.96. The van der Waals surface area contributed by atoms with Crippen LogP contribution in [0.3, 0.4) is 0 Å². The smallest absolute Gasteiger partial charge is 0.261 e. The molecular weight excluding hydrogens is 330 g/mol. The van der Waals surface area contributed by atoms with Gasteiger partial charge in [0.05, 0.1) is 11.1 Å².